The summed E-state index contributed by atoms with van der Waals surface area (Å²) in [6, 6.07) is 7.26. The molecule has 0 aliphatic rings. The third kappa shape index (κ3) is 3.09. The molecule has 0 saturated carbocycles. The van der Waals surface area contributed by atoms with Gasteiger partial charge in [0.25, 0.3) is 0 Å². The van der Waals surface area contributed by atoms with Gasteiger partial charge in [0, 0.05) is 0 Å². The van der Waals surface area contributed by atoms with Gasteiger partial charge in [-0.3, -0.25) is 0 Å². The number of carbonyl (C=O) groups excluding carboxylic acids is 1. The zero-order valence-corrected chi connectivity index (χ0v) is 15.0. The van der Waals surface area contributed by atoms with E-state index in [-0.39, 0.29) is 11.6 Å². The molecule has 0 saturated heterocycles. The number of anilines is 1. The quantitative estimate of drug-likeness (QED) is 0.682. The number of imidazole rings is 1. The van der Waals surface area contributed by atoms with E-state index in [1.54, 1.807) is 32.9 Å². The lowest BCUT2D eigenvalue weighted by Crippen LogP contribution is -2.27. The van der Waals surface area contributed by atoms with E-state index in [9.17, 15) is 4.79 Å². The Morgan fingerprint density at radius 2 is 1.96 bits per heavy atom. The average Bonchev–Trinajstić information content (AvgIpc) is 2.87. The van der Waals surface area contributed by atoms with Crippen molar-refractivity contribution in [3.63, 3.8) is 0 Å². The maximum Gasteiger partial charge on any atom is 0.420 e. The summed E-state index contributed by atoms with van der Waals surface area (Å²) in [7, 11) is 0. The largest absolute Gasteiger partial charge is 0.443 e. The lowest BCUT2D eigenvalue weighted by Gasteiger charge is -2.20. The Balaban J connectivity index is 2.26. The Morgan fingerprint density at radius 1 is 1.25 bits per heavy atom. The molecule has 8 heteroatoms. The van der Waals surface area contributed by atoms with Gasteiger partial charge in [-0.1, -0.05) is 12.1 Å². The van der Waals surface area contributed by atoms with Crippen LogP contribution < -0.4 is 5.73 Å². The van der Waals surface area contributed by atoms with E-state index in [0.29, 0.717) is 21.3 Å². The van der Waals surface area contributed by atoms with Crippen molar-refractivity contribution >= 4 is 38.9 Å². The Kier molecular flexibility index (Phi) is 4.00. The van der Waals surface area contributed by atoms with E-state index < -0.39 is 11.7 Å². The fourth-order valence-corrected chi connectivity index (χ4v) is 2.50. The van der Waals surface area contributed by atoms with Gasteiger partial charge >= 0.3 is 6.09 Å². The standard InChI is InChI=1S/C16H16BrN5O2/c1-16(2,3)24-15(23)22-10-7-5-4-6-9(10)20-14(22)12-13(18)19-8-11(17)21-12/h4-8H,1-3H3,(H2,18,19). The number of nitrogens with zero attached hydrogens (tertiary/aromatic N) is 4. The number of nitrogens with two attached hydrogens (primary N) is 1. The van der Waals surface area contributed by atoms with Gasteiger partial charge in [0.2, 0.25) is 0 Å². The molecule has 0 spiro atoms. The minimum Gasteiger partial charge on any atom is -0.443 e. The molecular weight excluding hydrogens is 374 g/mol. The van der Waals surface area contributed by atoms with Crippen LogP contribution in [0.15, 0.2) is 35.1 Å². The van der Waals surface area contributed by atoms with Gasteiger partial charge in [-0.15, -0.1) is 0 Å². The lowest BCUT2D eigenvalue weighted by molar-refractivity contribution is 0.0546. The van der Waals surface area contributed by atoms with E-state index in [2.05, 4.69) is 30.9 Å². The maximum absolute atomic E-state index is 12.7. The highest BCUT2D eigenvalue weighted by atomic mass is 79.9. The molecule has 0 atom stereocenters. The number of aromatic nitrogens is 4. The summed E-state index contributed by atoms with van der Waals surface area (Å²) in [5.74, 6) is 0.468. The molecule has 0 fully saturated rings. The summed E-state index contributed by atoms with van der Waals surface area (Å²) in [5.41, 5.74) is 6.86. The fourth-order valence-electron chi connectivity index (χ4n) is 2.22. The topological polar surface area (TPSA) is 95.9 Å². The molecule has 0 aliphatic carbocycles. The second kappa shape index (κ2) is 5.86. The number of nitrogen functional groups attached to an aromatic ring is 1. The first-order valence-electron chi connectivity index (χ1n) is 7.25. The molecule has 2 N–H and O–H groups in total. The summed E-state index contributed by atoms with van der Waals surface area (Å²) >= 11 is 3.27. The molecule has 1 aromatic carbocycles. The molecule has 0 amide bonds. The van der Waals surface area contributed by atoms with Gasteiger partial charge in [0.05, 0.1) is 17.2 Å². The molecule has 0 unspecified atom stereocenters. The fraction of sp³-hybridized carbons (Fsp3) is 0.250. The number of carbonyl (C=O) groups is 1. The Morgan fingerprint density at radius 3 is 2.67 bits per heavy atom. The summed E-state index contributed by atoms with van der Waals surface area (Å²) in [4.78, 5) is 25.6. The summed E-state index contributed by atoms with van der Waals surface area (Å²) in [6.45, 7) is 5.41. The summed E-state index contributed by atoms with van der Waals surface area (Å²) in [5, 5.41) is 0. The maximum atomic E-state index is 12.7. The Bertz CT molecular complexity index is 930. The zero-order chi connectivity index (χ0) is 17.5. The average molecular weight is 390 g/mol. The molecule has 2 aromatic heterocycles. The van der Waals surface area contributed by atoms with Gasteiger partial charge in [-0.25, -0.2) is 24.3 Å². The van der Waals surface area contributed by atoms with Crippen LogP contribution in [0, 0.1) is 0 Å². The van der Waals surface area contributed by atoms with E-state index in [1.165, 1.54) is 10.8 Å². The number of rotatable bonds is 1. The van der Waals surface area contributed by atoms with E-state index in [1.807, 2.05) is 12.1 Å². The van der Waals surface area contributed by atoms with Crippen molar-refractivity contribution < 1.29 is 9.53 Å². The molecule has 124 valence electrons. The molecule has 7 nitrogen and oxygen atoms in total. The van der Waals surface area contributed by atoms with Crippen LogP contribution in [0.4, 0.5) is 10.6 Å². The predicted molar refractivity (Wildman–Crippen MR) is 94.5 cm³/mol. The van der Waals surface area contributed by atoms with Crippen molar-refractivity contribution in [2.24, 2.45) is 0 Å². The first-order valence-corrected chi connectivity index (χ1v) is 8.05. The lowest BCUT2D eigenvalue weighted by atomic mass is 10.2. The predicted octanol–water partition coefficient (Wildman–Crippen LogP) is 3.62. The van der Waals surface area contributed by atoms with Crippen molar-refractivity contribution in [2.45, 2.75) is 26.4 Å². The second-order valence-electron chi connectivity index (χ2n) is 6.17. The number of fused-ring (bicyclic) bond motifs is 1. The summed E-state index contributed by atoms with van der Waals surface area (Å²) in [6.07, 6.45) is 0.937. The van der Waals surface area contributed by atoms with Crippen LogP contribution in [0.5, 0.6) is 0 Å². The first-order chi connectivity index (χ1) is 11.3. The van der Waals surface area contributed by atoms with Crippen molar-refractivity contribution in [1.29, 1.82) is 0 Å². The van der Waals surface area contributed by atoms with Gasteiger partial charge in [0.15, 0.2) is 11.6 Å². The van der Waals surface area contributed by atoms with E-state index in [0.717, 1.165) is 0 Å². The summed E-state index contributed by atoms with van der Waals surface area (Å²) < 4.78 is 7.37. The van der Waals surface area contributed by atoms with Crippen LogP contribution in [0.25, 0.3) is 22.6 Å². The molecule has 0 bridgehead atoms. The molecular formula is C16H16BrN5O2. The van der Waals surface area contributed by atoms with Crippen LogP contribution in [0.2, 0.25) is 0 Å². The minimum absolute atomic E-state index is 0.179. The van der Waals surface area contributed by atoms with Gasteiger partial charge < -0.3 is 10.5 Å². The monoisotopic (exact) mass is 389 g/mol. The van der Waals surface area contributed by atoms with Crippen molar-refractivity contribution in [3.05, 3.63) is 35.1 Å². The molecule has 24 heavy (non-hydrogen) atoms. The second-order valence-corrected chi connectivity index (χ2v) is 6.98. The third-order valence-corrected chi connectivity index (χ3v) is 3.50. The zero-order valence-electron chi connectivity index (χ0n) is 13.4. The van der Waals surface area contributed by atoms with Crippen LogP contribution in [0.3, 0.4) is 0 Å². The smallest absolute Gasteiger partial charge is 0.420 e. The number of halogens is 1. The van der Waals surface area contributed by atoms with Crippen molar-refractivity contribution in [1.82, 2.24) is 19.5 Å². The Labute approximate surface area is 147 Å². The van der Waals surface area contributed by atoms with Gasteiger partial charge in [-0.2, -0.15) is 0 Å². The highest BCUT2D eigenvalue weighted by Gasteiger charge is 2.25. The van der Waals surface area contributed by atoms with E-state index >= 15 is 0 Å². The normalized spacial score (nSPS) is 11.7. The van der Waals surface area contributed by atoms with Crippen LogP contribution in [0.1, 0.15) is 20.8 Å². The van der Waals surface area contributed by atoms with Gasteiger partial charge in [-0.05, 0) is 48.8 Å². The highest BCUT2D eigenvalue weighted by molar-refractivity contribution is 9.10. The van der Waals surface area contributed by atoms with E-state index in [4.69, 9.17) is 10.5 Å². The molecule has 0 radical (unpaired) electrons. The number of hydrogen-bond donors (Lipinski definition) is 1. The van der Waals surface area contributed by atoms with Crippen LogP contribution in [-0.4, -0.2) is 31.2 Å². The minimum atomic E-state index is -0.645. The highest BCUT2D eigenvalue weighted by Crippen LogP contribution is 2.28. The first kappa shape index (κ1) is 16.4. The number of benzene rings is 1. The SMILES string of the molecule is CC(C)(C)OC(=O)n1c(-c2nc(Br)cnc2N)nc2ccccc21. The molecule has 3 aromatic rings. The number of ether oxygens (including phenoxy) is 1. The Hall–Kier alpha value is -2.48. The third-order valence-electron chi connectivity index (χ3n) is 3.12. The van der Waals surface area contributed by atoms with Crippen molar-refractivity contribution in [2.75, 3.05) is 5.73 Å². The van der Waals surface area contributed by atoms with Crippen molar-refractivity contribution in [3.8, 4) is 11.5 Å². The number of para-hydroxylation sites is 2. The van der Waals surface area contributed by atoms with Crippen LogP contribution in [-0.2, 0) is 4.74 Å². The van der Waals surface area contributed by atoms with Gasteiger partial charge in [0.1, 0.15) is 15.9 Å². The number of hydrogen-bond acceptors (Lipinski definition) is 6. The molecule has 0 aliphatic heterocycles. The molecule has 3 rings (SSSR count). The molecule has 2 heterocycles. The van der Waals surface area contributed by atoms with Crippen LogP contribution >= 0.6 is 15.9 Å².